The lowest BCUT2D eigenvalue weighted by atomic mass is 9.86. The molecule has 0 radical (unpaired) electrons. The number of amides is 3. The molecule has 0 spiro atoms. The summed E-state index contributed by atoms with van der Waals surface area (Å²) in [7, 11) is 3.21. The number of carbonyl (C=O) groups is 3. The van der Waals surface area contributed by atoms with Crippen molar-refractivity contribution in [1.82, 2.24) is 36.1 Å². The van der Waals surface area contributed by atoms with Crippen molar-refractivity contribution in [2.45, 2.75) is 83.5 Å². The van der Waals surface area contributed by atoms with Crippen LogP contribution in [0.25, 0.3) is 0 Å². The van der Waals surface area contributed by atoms with E-state index in [0.717, 1.165) is 32.9 Å². The Morgan fingerprint density at radius 3 is 2.27 bits per heavy atom. The first-order valence-electron chi connectivity index (χ1n) is 18.6. The van der Waals surface area contributed by atoms with Crippen LogP contribution in [-0.2, 0) is 35.5 Å². The van der Waals surface area contributed by atoms with E-state index in [-0.39, 0.29) is 62.0 Å². The second-order valence-corrected chi connectivity index (χ2v) is 15.7. The van der Waals surface area contributed by atoms with E-state index < -0.39 is 23.1 Å². The van der Waals surface area contributed by atoms with E-state index in [1.807, 2.05) is 66.0 Å². The Hall–Kier alpha value is -5.35. The highest BCUT2D eigenvalue weighted by Crippen LogP contribution is 2.23. The van der Waals surface area contributed by atoms with Gasteiger partial charge in [0.15, 0.2) is 11.6 Å². The Kier molecular flexibility index (Phi) is 17.7. The molecule has 2 aromatic carbocycles. The van der Waals surface area contributed by atoms with Crippen molar-refractivity contribution < 1.29 is 24.0 Å². The summed E-state index contributed by atoms with van der Waals surface area (Å²) in [4.78, 5) is 62.3. The first kappa shape index (κ1) is 43.4. The van der Waals surface area contributed by atoms with Crippen LogP contribution in [0.2, 0.25) is 0 Å². The monoisotopic (exact) mass is 804 g/mol. The average molecular weight is 805 g/mol. The predicted octanol–water partition coefficient (Wildman–Crippen LogP) is 6.64. The van der Waals surface area contributed by atoms with Gasteiger partial charge in [0.2, 0.25) is 0 Å². The lowest BCUT2D eigenvalue weighted by molar-refractivity contribution is -0.404. The number of Topliss-reactive ketones (excluding diaryl/α,β-unsaturated/α-hetero) is 1. The van der Waals surface area contributed by atoms with Crippen LogP contribution >= 0.6 is 22.7 Å². The standard InChI is InChI=1S/C40H52N8O6S2/c1-28(2)38-44-33(26-55-38)23-47(4)39(50)46-35(17-18-43-37(41-3)24-48(52)53)36(49)21-31(19-29-11-7-5-8-12-29)15-16-32(20-30-13-9-6-10-14-30)45-40(51)54-25-34-22-42-27-56-34/h5-14,22,24,26-28,31-32,35,41,43H,15-21,23,25H2,1-4H3,(H,45,51)(H,46,50)/b37-24+/t31-,32-,35-/m0/s1. The fourth-order valence-electron chi connectivity index (χ4n) is 6.07. The molecule has 2 heterocycles. The maximum absolute atomic E-state index is 14.3. The van der Waals surface area contributed by atoms with Crippen LogP contribution in [0.15, 0.2) is 89.8 Å². The normalized spacial score (nSPS) is 13.0. The summed E-state index contributed by atoms with van der Waals surface area (Å²) in [6.07, 6.45) is 4.65. The van der Waals surface area contributed by atoms with E-state index >= 15 is 0 Å². The van der Waals surface area contributed by atoms with Gasteiger partial charge >= 0.3 is 12.1 Å². The number of ketones is 1. The summed E-state index contributed by atoms with van der Waals surface area (Å²) < 4.78 is 5.51. The number of hydrogen-bond donors (Lipinski definition) is 4. The van der Waals surface area contributed by atoms with Gasteiger partial charge in [-0.1, -0.05) is 74.5 Å². The van der Waals surface area contributed by atoms with Crippen LogP contribution in [0.3, 0.4) is 0 Å². The number of nitrogens with one attached hydrogen (secondary N) is 4. The second-order valence-electron chi connectivity index (χ2n) is 13.9. The van der Waals surface area contributed by atoms with Crippen molar-refractivity contribution in [1.29, 1.82) is 0 Å². The molecule has 14 nitrogen and oxygen atoms in total. The first-order valence-corrected chi connectivity index (χ1v) is 20.4. The Balaban J connectivity index is 1.50. The van der Waals surface area contributed by atoms with Gasteiger partial charge in [0, 0.05) is 50.6 Å². The van der Waals surface area contributed by atoms with Gasteiger partial charge in [-0.05, 0) is 49.1 Å². The summed E-state index contributed by atoms with van der Waals surface area (Å²) in [5.74, 6) is 0.158. The molecule has 4 aromatic rings. The number of nitro groups is 1. The number of urea groups is 1. The van der Waals surface area contributed by atoms with Gasteiger partial charge in [-0.2, -0.15) is 0 Å². The van der Waals surface area contributed by atoms with Gasteiger partial charge in [0.25, 0.3) is 6.20 Å². The van der Waals surface area contributed by atoms with E-state index in [1.165, 1.54) is 16.2 Å². The van der Waals surface area contributed by atoms with Crippen LogP contribution in [-0.4, -0.2) is 70.4 Å². The van der Waals surface area contributed by atoms with Crippen molar-refractivity contribution in [3.8, 4) is 0 Å². The first-order chi connectivity index (χ1) is 27.0. The molecule has 0 aliphatic heterocycles. The van der Waals surface area contributed by atoms with E-state index in [9.17, 15) is 24.5 Å². The zero-order chi connectivity index (χ0) is 40.3. The van der Waals surface area contributed by atoms with Crippen LogP contribution in [0.1, 0.15) is 72.2 Å². The number of thiazole rings is 2. The van der Waals surface area contributed by atoms with Crippen LogP contribution < -0.4 is 21.3 Å². The topological polar surface area (TPSA) is 181 Å². The maximum Gasteiger partial charge on any atom is 0.407 e. The number of rotatable bonds is 23. The van der Waals surface area contributed by atoms with Gasteiger partial charge in [0.05, 0.1) is 38.6 Å². The van der Waals surface area contributed by atoms with E-state index in [4.69, 9.17) is 4.74 Å². The molecule has 0 bridgehead atoms. The Morgan fingerprint density at radius 2 is 1.66 bits per heavy atom. The Morgan fingerprint density at radius 1 is 0.964 bits per heavy atom. The molecule has 300 valence electrons. The highest BCUT2D eigenvalue weighted by atomic mass is 32.1. The molecular weight excluding hydrogens is 753 g/mol. The fourth-order valence-corrected chi connectivity index (χ4v) is 7.40. The quantitative estimate of drug-likeness (QED) is 0.0469. The molecule has 0 saturated heterocycles. The number of ether oxygens (including phenoxy) is 1. The molecule has 0 unspecified atom stereocenters. The smallest absolute Gasteiger partial charge is 0.407 e. The zero-order valence-electron chi connectivity index (χ0n) is 32.3. The number of nitrogens with zero attached hydrogens (tertiary/aromatic N) is 4. The molecule has 0 fully saturated rings. The lowest BCUT2D eigenvalue weighted by Crippen LogP contribution is -2.48. The minimum Gasteiger partial charge on any atom is -0.444 e. The summed E-state index contributed by atoms with van der Waals surface area (Å²) in [6.45, 7) is 4.70. The molecule has 0 saturated carbocycles. The maximum atomic E-state index is 14.3. The molecule has 4 N–H and O–H groups in total. The van der Waals surface area contributed by atoms with Gasteiger partial charge < -0.3 is 30.9 Å². The summed E-state index contributed by atoms with van der Waals surface area (Å²) in [5, 5.41) is 25.7. The highest BCUT2D eigenvalue weighted by molar-refractivity contribution is 7.09. The molecule has 2 aromatic heterocycles. The van der Waals surface area contributed by atoms with Crippen LogP contribution in [0.4, 0.5) is 9.59 Å². The molecule has 3 atom stereocenters. The van der Waals surface area contributed by atoms with Crippen molar-refractivity contribution in [3.63, 3.8) is 0 Å². The SMILES string of the molecule is CN/C(=C\[N+](=O)[O-])NCC[C@H](NC(=O)N(C)Cc1csc(C(C)C)n1)C(=O)C[C@@H](CC[C@@H](Cc1ccccc1)NC(=O)OCc1cncs1)Cc1ccccc1. The number of benzene rings is 2. The molecule has 4 rings (SSSR count). The molecule has 0 aliphatic rings. The summed E-state index contributed by atoms with van der Waals surface area (Å²) in [6, 6.07) is 18.2. The Bertz CT molecular complexity index is 1840. The highest BCUT2D eigenvalue weighted by Gasteiger charge is 2.27. The van der Waals surface area contributed by atoms with Crippen molar-refractivity contribution >= 4 is 40.6 Å². The van der Waals surface area contributed by atoms with E-state index in [2.05, 4.69) is 45.1 Å². The summed E-state index contributed by atoms with van der Waals surface area (Å²) >= 11 is 2.96. The molecule has 16 heteroatoms. The van der Waals surface area contributed by atoms with Gasteiger partial charge in [0.1, 0.15) is 6.61 Å². The third kappa shape index (κ3) is 15.4. The molecule has 0 aliphatic carbocycles. The number of hydrogen-bond acceptors (Lipinski definition) is 12. The average Bonchev–Trinajstić information content (AvgIpc) is 3.89. The van der Waals surface area contributed by atoms with Crippen LogP contribution in [0.5, 0.6) is 0 Å². The summed E-state index contributed by atoms with van der Waals surface area (Å²) in [5.41, 5.74) is 4.57. The van der Waals surface area contributed by atoms with Gasteiger partial charge in [-0.15, -0.1) is 22.7 Å². The van der Waals surface area contributed by atoms with Crippen LogP contribution in [0, 0.1) is 16.0 Å². The van der Waals surface area contributed by atoms with E-state index in [0.29, 0.717) is 25.7 Å². The fraction of sp³-hybridized carbons (Fsp3) is 0.425. The van der Waals surface area contributed by atoms with Gasteiger partial charge in [-0.3, -0.25) is 19.9 Å². The van der Waals surface area contributed by atoms with Crippen molar-refractivity contribution in [3.05, 3.63) is 127 Å². The third-order valence-corrected chi connectivity index (χ3v) is 11.0. The molecule has 56 heavy (non-hydrogen) atoms. The predicted molar refractivity (Wildman–Crippen MR) is 219 cm³/mol. The minimum atomic E-state index is -0.883. The number of alkyl carbamates (subject to hydrolysis) is 1. The molecular formula is C40H52N8O6S2. The van der Waals surface area contributed by atoms with Crippen molar-refractivity contribution in [2.24, 2.45) is 5.92 Å². The minimum absolute atomic E-state index is 0.122. The van der Waals surface area contributed by atoms with Gasteiger partial charge in [-0.25, -0.2) is 14.6 Å². The van der Waals surface area contributed by atoms with Crippen molar-refractivity contribution in [2.75, 3.05) is 20.6 Å². The number of aromatic nitrogens is 2. The Labute approximate surface area is 336 Å². The number of carbonyl (C=O) groups excluding carboxylic acids is 3. The van der Waals surface area contributed by atoms with E-state index in [1.54, 1.807) is 37.1 Å². The molecule has 3 amide bonds. The third-order valence-electron chi connectivity index (χ3n) is 9.00. The largest absolute Gasteiger partial charge is 0.444 e. The lowest BCUT2D eigenvalue weighted by Gasteiger charge is -2.26. The zero-order valence-corrected chi connectivity index (χ0v) is 33.9. The second kappa shape index (κ2) is 22.9.